The Hall–Kier alpha value is -3.55. The molecule has 0 bridgehead atoms. The van der Waals surface area contributed by atoms with Crippen LogP contribution >= 0.6 is 0 Å². The maximum atomic E-state index is 10.1. The van der Waals surface area contributed by atoms with Crippen LogP contribution in [0.5, 0.6) is 5.75 Å². The molecular weight excluding hydrogens is 517 g/mol. The Bertz CT molecular complexity index is 1310. The summed E-state index contributed by atoms with van der Waals surface area (Å²) in [5.41, 5.74) is 2.65. The number of azo groups is 2. The summed E-state index contributed by atoms with van der Waals surface area (Å²) in [4.78, 5) is 10.0. The maximum absolute atomic E-state index is 10.1. The van der Waals surface area contributed by atoms with Crippen molar-refractivity contribution in [1.82, 2.24) is 0 Å². The van der Waals surface area contributed by atoms with E-state index in [2.05, 4.69) is 37.8 Å². The molecule has 35 heavy (non-hydrogen) atoms. The molecule has 1 radical (unpaired) electrons. The molecule has 0 aromatic heterocycles. The molecule has 0 aliphatic rings. The maximum Gasteiger partial charge on any atom is 0.147 e. The molecule has 0 unspecified atom stereocenters. The first-order valence-electron chi connectivity index (χ1n) is 10.5. The Kier molecular flexibility index (Phi) is 11.6. The molecule has 173 valence electrons. The summed E-state index contributed by atoms with van der Waals surface area (Å²) in [6.45, 7) is 5.20. The summed E-state index contributed by atoms with van der Waals surface area (Å²) in [7, 11) is 0. The fourth-order valence-corrected chi connectivity index (χ4v) is 2.83. The van der Waals surface area contributed by atoms with E-state index in [-0.39, 0.29) is 38.5 Å². The topological polar surface area (TPSA) is 96.0 Å². The summed E-state index contributed by atoms with van der Waals surface area (Å²) in [5, 5.41) is 28.9. The SMILES string of the molecule is C=[C-]C(=O)OCC.Oc1ccc2ccccc2c1N=Nc1ccc(N=Nc2ccccc2)cc1.[Y]. The van der Waals surface area contributed by atoms with Crippen LogP contribution in [0.2, 0.25) is 0 Å². The van der Waals surface area contributed by atoms with Crippen LogP contribution in [0.25, 0.3) is 10.8 Å². The van der Waals surface area contributed by atoms with Gasteiger partial charge in [0.15, 0.2) is 0 Å². The molecule has 8 heteroatoms. The minimum absolute atomic E-state index is 0. The van der Waals surface area contributed by atoms with Crippen molar-refractivity contribution in [2.75, 3.05) is 6.61 Å². The standard InChI is InChI=1S/C22H16N4O.C5H7O2.Y/c27-21-15-10-16-6-4-5-9-20(16)22(21)26-25-19-13-11-18(12-14-19)24-23-17-7-2-1-3-8-17;1-3-5(6)7-4-2;/h1-15,27H;1,4H2,2H3;/q;-1;. The second-order valence-corrected chi connectivity index (χ2v) is 6.80. The fourth-order valence-electron chi connectivity index (χ4n) is 2.83. The number of nitrogens with zero attached hydrogens (tertiary/aromatic N) is 4. The number of aromatic hydroxyl groups is 1. The molecule has 7 nitrogen and oxygen atoms in total. The first-order chi connectivity index (χ1) is 16.6. The van der Waals surface area contributed by atoms with E-state index < -0.39 is 5.97 Å². The van der Waals surface area contributed by atoms with E-state index in [1.807, 2.05) is 84.9 Å². The fraction of sp³-hybridized carbons (Fsp3) is 0.0741. The quantitative estimate of drug-likeness (QED) is 0.116. The third kappa shape index (κ3) is 8.63. The molecule has 4 rings (SSSR count). The molecule has 0 aliphatic carbocycles. The van der Waals surface area contributed by atoms with Crippen LogP contribution in [0, 0.1) is 6.08 Å². The largest absolute Gasteiger partial charge is 0.506 e. The van der Waals surface area contributed by atoms with E-state index in [1.165, 1.54) is 0 Å². The van der Waals surface area contributed by atoms with Gasteiger partial charge in [0.05, 0.1) is 23.7 Å². The van der Waals surface area contributed by atoms with E-state index in [0.29, 0.717) is 18.0 Å². The first-order valence-corrected chi connectivity index (χ1v) is 10.5. The van der Waals surface area contributed by atoms with Crippen molar-refractivity contribution >= 4 is 39.5 Å². The first kappa shape index (κ1) is 27.7. The van der Waals surface area contributed by atoms with E-state index >= 15 is 0 Å². The van der Waals surface area contributed by atoms with E-state index in [9.17, 15) is 9.90 Å². The van der Waals surface area contributed by atoms with Crippen LogP contribution in [-0.2, 0) is 42.2 Å². The molecular formula is C27H23N4O3Y-. The predicted octanol–water partition coefficient (Wildman–Crippen LogP) is 7.91. The number of ether oxygens (including phenoxy) is 1. The zero-order chi connectivity index (χ0) is 24.2. The number of rotatable bonds is 6. The third-order valence-corrected chi connectivity index (χ3v) is 4.45. The molecule has 0 saturated carbocycles. The van der Waals surface area contributed by atoms with E-state index in [4.69, 9.17) is 0 Å². The number of carbonyl (C=O) groups excluding carboxylic acids is 1. The second kappa shape index (κ2) is 14.7. The Morgan fingerprint density at radius 1 is 0.800 bits per heavy atom. The molecule has 0 spiro atoms. The number of hydrogen-bond donors (Lipinski definition) is 1. The number of phenols is 1. The third-order valence-electron chi connectivity index (χ3n) is 4.45. The van der Waals surface area contributed by atoms with Gasteiger partial charge in [0.2, 0.25) is 0 Å². The van der Waals surface area contributed by atoms with Gasteiger partial charge >= 0.3 is 0 Å². The van der Waals surface area contributed by atoms with Gasteiger partial charge in [-0.15, -0.1) is 5.11 Å². The smallest absolute Gasteiger partial charge is 0.147 e. The predicted molar refractivity (Wildman–Crippen MR) is 132 cm³/mol. The molecule has 0 fully saturated rings. The number of fused-ring (bicyclic) bond motifs is 1. The van der Waals surface area contributed by atoms with Gasteiger partial charge in [-0.25, -0.2) is 0 Å². The van der Waals surface area contributed by atoms with Crippen LogP contribution in [0.4, 0.5) is 22.7 Å². The monoisotopic (exact) mass is 540 g/mol. The van der Waals surface area contributed by atoms with Crippen molar-refractivity contribution in [2.45, 2.75) is 6.92 Å². The summed E-state index contributed by atoms with van der Waals surface area (Å²) >= 11 is 0. The second-order valence-electron chi connectivity index (χ2n) is 6.80. The number of hydrogen-bond acceptors (Lipinski definition) is 7. The Balaban J connectivity index is 0.000000476. The van der Waals surface area contributed by atoms with Gasteiger partial charge in [-0.3, -0.25) is 11.4 Å². The van der Waals surface area contributed by atoms with Crippen molar-refractivity contribution in [3.05, 3.63) is 104 Å². The molecule has 0 atom stereocenters. The van der Waals surface area contributed by atoms with Gasteiger partial charge in [-0.05, 0) is 54.8 Å². The molecule has 1 N–H and O–H groups in total. The normalized spacial score (nSPS) is 10.4. The number of carbonyl (C=O) groups is 1. The number of phenolic OH excluding ortho intramolecular Hbond substituents is 1. The zero-order valence-electron chi connectivity index (χ0n) is 19.2. The summed E-state index contributed by atoms with van der Waals surface area (Å²) in [5.74, 6) is -0.381. The van der Waals surface area contributed by atoms with Gasteiger partial charge < -0.3 is 15.9 Å². The molecule has 4 aromatic rings. The van der Waals surface area contributed by atoms with E-state index in [0.717, 1.165) is 22.1 Å². The van der Waals surface area contributed by atoms with Crippen molar-refractivity contribution in [1.29, 1.82) is 0 Å². The summed E-state index contributed by atoms with van der Waals surface area (Å²) in [6, 6.07) is 28.1. The van der Waals surface area contributed by atoms with Crippen LogP contribution in [0.3, 0.4) is 0 Å². The van der Waals surface area contributed by atoms with Gasteiger partial charge in [0.25, 0.3) is 0 Å². The Morgan fingerprint density at radius 3 is 1.91 bits per heavy atom. The summed E-state index contributed by atoms with van der Waals surface area (Å²) < 4.78 is 4.38. The van der Waals surface area contributed by atoms with Crippen molar-refractivity contribution in [2.24, 2.45) is 20.5 Å². The van der Waals surface area contributed by atoms with E-state index in [1.54, 1.807) is 13.0 Å². The summed E-state index contributed by atoms with van der Waals surface area (Å²) in [6.07, 6.45) is 2.05. The molecule has 0 aliphatic heterocycles. The van der Waals surface area contributed by atoms with Gasteiger partial charge in [-0.2, -0.15) is 15.3 Å². The van der Waals surface area contributed by atoms with Gasteiger partial charge in [-0.1, -0.05) is 48.5 Å². The molecule has 4 aromatic carbocycles. The van der Waals surface area contributed by atoms with Crippen LogP contribution < -0.4 is 0 Å². The molecule has 0 amide bonds. The zero-order valence-corrected chi connectivity index (χ0v) is 22.0. The van der Waals surface area contributed by atoms with Crippen molar-refractivity contribution < 1.29 is 47.3 Å². The minimum Gasteiger partial charge on any atom is -0.506 e. The minimum atomic E-state index is -0.484. The number of esters is 1. The Labute approximate surface area is 229 Å². The van der Waals surface area contributed by atoms with Gasteiger partial charge in [0, 0.05) is 38.1 Å². The average Bonchev–Trinajstić information content (AvgIpc) is 2.88. The number of benzene rings is 4. The molecule has 0 heterocycles. The van der Waals surface area contributed by atoms with Crippen LogP contribution in [0.1, 0.15) is 6.92 Å². The average molecular weight is 540 g/mol. The molecule has 0 saturated heterocycles. The van der Waals surface area contributed by atoms with Crippen LogP contribution in [0.15, 0.2) is 118 Å². The Morgan fingerprint density at radius 2 is 1.34 bits per heavy atom. The van der Waals surface area contributed by atoms with Crippen molar-refractivity contribution in [3.63, 3.8) is 0 Å². The van der Waals surface area contributed by atoms with Gasteiger partial charge in [0.1, 0.15) is 17.4 Å². The van der Waals surface area contributed by atoms with Crippen LogP contribution in [-0.4, -0.2) is 17.7 Å². The van der Waals surface area contributed by atoms with Crippen molar-refractivity contribution in [3.8, 4) is 5.75 Å².